The number of aromatic nitrogens is 2. The van der Waals surface area contributed by atoms with Crippen LogP contribution < -0.4 is 5.32 Å². The molecule has 0 spiro atoms. The number of benzene rings is 1. The first-order valence-electron chi connectivity index (χ1n) is 9.20. The number of hydrogen-bond acceptors (Lipinski definition) is 6. The number of fused-ring (bicyclic) bond motifs is 1. The van der Waals surface area contributed by atoms with Crippen LogP contribution in [0, 0.1) is 0 Å². The number of carbonyl (C=O) groups excluding carboxylic acids is 1. The SMILES string of the molecule is O=C(CN1CCc2ccccc2CC1)Nc1nnc(C2CCC2)s1.O=CO. The van der Waals surface area contributed by atoms with Gasteiger partial charge in [0.25, 0.3) is 6.47 Å². The van der Waals surface area contributed by atoms with Crippen molar-refractivity contribution >= 4 is 28.8 Å². The Kier molecular flexibility index (Phi) is 6.89. The number of carboxylic acid groups (broad SMARTS) is 1. The monoisotopic (exact) mass is 388 g/mol. The molecule has 144 valence electrons. The van der Waals surface area contributed by atoms with Crippen LogP contribution in [-0.4, -0.2) is 52.2 Å². The second-order valence-electron chi connectivity index (χ2n) is 6.77. The van der Waals surface area contributed by atoms with Crippen LogP contribution in [-0.2, 0) is 22.4 Å². The molecular formula is C19H24N4O3S. The van der Waals surface area contributed by atoms with Crippen LogP contribution in [0.1, 0.15) is 41.3 Å². The van der Waals surface area contributed by atoms with Crippen LogP contribution in [0.3, 0.4) is 0 Å². The highest BCUT2D eigenvalue weighted by molar-refractivity contribution is 7.15. The van der Waals surface area contributed by atoms with Crippen molar-refractivity contribution in [1.29, 1.82) is 0 Å². The third kappa shape index (κ3) is 5.33. The molecule has 4 rings (SSSR count). The van der Waals surface area contributed by atoms with Crippen LogP contribution >= 0.6 is 11.3 Å². The maximum atomic E-state index is 12.3. The lowest BCUT2D eigenvalue weighted by atomic mass is 9.86. The summed E-state index contributed by atoms with van der Waals surface area (Å²) in [5.41, 5.74) is 2.82. The molecule has 1 aromatic heterocycles. The Labute approximate surface area is 162 Å². The fourth-order valence-electron chi connectivity index (χ4n) is 3.34. The Morgan fingerprint density at radius 1 is 1.22 bits per heavy atom. The van der Waals surface area contributed by atoms with Crippen molar-refractivity contribution in [2.75, 3.05) is 25.0 Å². The van der Waals surface area contributed by atoms with E-state index in [0.29, 0.717) is 17.6 Å². The van der Waals surface area contributed by atoms with Crippen molar-refractivity contribution < 1.29 is 14.7 Å². The average Bonchev–Trinajstić information content (AvgIpc) is 2.94. The van der Waals surface area contributed by atoms with Gasteiger partial charge in [-0.3, -0.25) is 19.8 Å². The summed E-state index contributed by atoms with van der Waals surface area (Å²) < 4.78 is 0. The molecule has 1 amide bonds. The quantitative estimate of drug-likeness (QED) is 0.782. The number of nitrogens with one attached hydrogen (secondary N) is 1. The number of hydrogen-bond donors (Lipinski definition) is 2. The summed E-state index contributed by atoms with van der Waals surface area (Å²) in [5, 5.41) is 19.9. The van der Waals surface area contributed by atoms with Gasteiger partial charge in [0, 0.05) is 19.0 Å². The summed E-state index contributed by atoms with van der Waals surface area (Å²) >= 11 is 1.53. The molecule has 27 heavy (non-hydrogen) atoms. The number of amides is 1. The molecule has 0 unspecified atom stereocenters. The Morgan fingerprint density at radius 2 is 1.85 bits per heavy atom. The van der Waals surface area contributed by atoms with E-state index >= 15 is 0 Å². The van der Waals surface area contributed by atoms with Crippen molar-refractivity contribution in [3.8, 4) is 0 Å². The van der Waals surface area contributed by atoms with E-state index in [1.807, 2.05) is 0 Å². The smallest absolute Gasteiger partial charge is 0.290 e. The second kappa shape index (κ2) is 9.57. The third-order valence-corrected chi connectivity index (χ3v) is 6.02. The number of nitrogens with zero attached hydrogens (tertiary/aromatic N) is 3. The third-order valence-electron chi connectivity index (χ3n) is 5.02. The van der Waals surface area contributed by atoms with E-state index in [9.17, 15) is 4.79 Å². The molecule has 8 heteroatoms. The van der Waals surface area contributed by atoms with Crippen molar-refractivity contribution in [3.63, 3.8) is 0 Å². The molecule has 0 atom stereocenters. The summed E-state index contributed by atoms with van der Waals surface area (Å²) in [5.74, 6) is 0.578. The van der Waals surface area contributed by atoms with Crippen LogP contribution in [0.25, 0.3) is 0 Å². The van der Waals surface area contributed by atoms with Gasteiger partial charge in [-0.15, -0.1) is 10.2 Å². The lowest BCUT2D eigenvalue weighted by molar-refractivity contribution is -0.123. The van der Waals surface area contributed by atoms with Gasteiger partial charge >= 0.3 is 0 Å². The topological polar surface area (TPSA) is 95.4 Å². The van der Waals surface area contributed by atoms with E-state index in [2.05, 4.69) is 44.7 Å². The fraction of sp³-hybridized carbons (Fsp3) is 0.474. The van der Waals surface area contributed by atoms with Crippen molar-refractivity contribution in [1.82, 2.24) is 15.1 Å². The van der Waals surface area contributed by atoms with E-state index in [0.717, 1.165) is 30.9 Å². The molecule has 1 saturated carbocycles. The molecule has 1 aliphatic heterocycles. The average molecular weight is 388 g/mol. The van der Waals surface area contributed by atoms with Gasteiger partial charge in [-0.25, -0.2) is 0 Å². The molecule has 2 heterocycles. The summed E-state index contributed by atoms with van der Waals surface area (Å²) in [6.07, 6.45) is 5.71. The van der Waals surface area contributed by atoms with Crippen molar-refractivity contribution in [2.45, 2.75) is 38.0 Å². The van der Waals surface area contributed by atoms with Gasteiger partial charge in [-0.1, -0.05) is 42.0 Å². The minimum atomic E-state index is -0.250. The predicted octanol–water partition coefficient (Wildman–Crippen LogP) is 2.55. The van der Waals surface area contributed by atoms with Crippen LogP contribution in [0.4, 0.5) is 5.13 Å². The summed E-state index contributed by atoms with van der Waals surface area (Å²) in [7, 11) is 0. The van der Waals surface area contributed by atoms with Gasteiger partial charge in [-0.05, 0) is 36.8 Å². The summed E-state index contributed by atoms with van der Waals surface area (Å²) in [6.45, 7) is 2.02. The van der Waals surface area contributed by atoms with Gasteiger partial charge in [0.15, 0.2) is 0 Å². The van der Waals surface area contributed by atoms with Gasteiger partial charge < -0.3 is 5.11 Å². The lowest BCUT2D eigenvalue weighted by Crippen LogP contribution is -2.35. The molecule has 2 N–H and O–H groups in total. The van der Waals surface area contributed by atoms with E-state index in [-0.39, 0.29) is 12.4 Å². The Bertz CT molecular complexity index is 749. The zero-order valence-electron chi connectivity index (χ0n) is 15.1. The molecular weight excluding hydrogens is 364 g/mol. The first-order chi connectivity index (χ1) is 13.2. The van der Waals surface area contributed by atoms with Crippen molar-refractivity contribution in [3.05, 3.63) is 40.4 Å². The predicted molar refractivity (Wildman–Crippen MR) is 104 cm³/mol. The number of anilines is 1. The van der Waals surface area contributed by atoms with Crippen LogP contribution in [0.5, 0.6) is 0 Å². The van der Waals surface area contributed by atoms with Crippen LogP contribution in [0.15, 0.2) is 24.3 Å². The standard InChI is InChI=1S/C18H22N4OS.CH2O2/c23-16(19-18-21-20-17(24-18)15-6-3-7-15)12-22-10-8-13-4-1-2-5-14(13)9-11-22;2-1-3/h1-2,4-5,15H,3,6-12H2,(H,19,21,23);1H,(H,2,3). The summed E-state index contributed by atoms with van der Waals surface area (Å²) in [4.78, 5) is 22.9. The normalized spacial score (nSPS) is 16.9. The maximum Gasteiger partial charge on any atom is 0.290 e. The molecule has 2 aromatic rings. The maximum absolute atomic E-state index is 12.3. The van der Waals surface area contributed by atoms with Gasteiger partial charge in [0.1, 0.15) is 5.01 Å². The van der Waals surface area contributed by atoms with E-state index in [1.54, 1.807) is 0 Å². The minimum absolute atomic E-state index is 0.0114. The zero-order valence-corrected chi connectivity index (χ0v) is 16.0. The first-order valence-corrected chi connectivity index (χ1v) is 10.0. The summed E-state index contributed by atoms with van der Waals surface area (Å²) in [6, 6.07) is 8.58. The largest absolute Gasteiger partial charge is 0.483 e. The molecule has 0 bridgehead atoms. The Hall–Kier alpha value is -2.32. The van der Waals surface area contributed by atoms with Gasteiger partial charge in [0.2, 0.25) is 11.0 Å². The van der Waals surface area contributed by atoms with Gasteiger partial charge in [-0.2, -0.15) is 0 Å². The van der Waals surface area contributed by atoms with E-state index in [4.69, 9.17) is 9.90 Å². The van der Waals surface area contributed by atoms with E-state index < -0.39 is 0 Å². The minimum Gasteiger partial charge on any atom is -0.483 e. The fourth-order valence-corrected chi connectivity index (χ4v) is 4.27. The second-order valence-corrected chi connectivity index (χ2v) is 7.78. The van der Waals surface area contributed by atoms with Gasteiger partial charge in [0.05, 0.1) is 6.54 Å². The van der Waals surface area contributed by atoms with Crippen LogP contribution in [0.2, 0.25) is 0 Å². The highest BCUT2D eigenvalue weighted by atomic mass is 32.1. The number of carbonyl (C=O) groups is 2. The van der Waals surface area contributed by atoms with Crippen molar-refractivity contribution in [2.24, 2.45) is 0 Å². The highest BCUT2D eigenvalue weighted by Crippen LogP contribution is 2.38. The molecule has 2 aliphatic rings. The first kappa shape index (κ1) is 19.4. The van der Waals surface area contributed by atoms with E-state index in [1.165, 1.54) is 41.7 Å². The lowest BCUT2D eigenvalue weighted by Gasteiger charge is -2.21. The molecule has 0 saturated heterocycles. The highest BCUT2D eigenvalue weighted by Gasteiger charge is 2.24. The molecule has 1 aromatic carbocycles. The molecule has 0 radical (unpaired) electrons. The zero-order chi connectivity index (χ0) is 19.1. The molecule has 1 fully saturated rings. The Balaban J connectivity index is 0.000000659. The Morgan fingerprint density at radius 3 is 2.41 bits per heavy atom. The molecule has 7 nitrogen and oxygen atoms in total. The molecule has 1 aliphatic carbocycles. The number of rotatable bonds is 4.